The Morgan fingerprint density at radius 1 is 1.67 bits per heavy atom. The molecule has 0 radical (unpaired) electrons. The Hall–Kier alpha value is -0.620. The largest absolute Gasteiger partial charge is 0.530 e. The van der Waals surface area contributed by atoms with Crippen LogP contribution in [0.15, 0.2) is 9.98 Å². The van der Waals surface area contributed by atoms with Gasteiger partial charge in [0.1, 0.15) is 10.7 Å². The quantitative estimate of drug-likeness (QED) is 0.838. The molecule has 6 heteroatoms. The van der Waals surface area contributed by atoms with Gasteiger partial charge < -0.3 is 14.8 Å². The minimum absolute atomic E-state index is 0.127. The Bertz CT molecular complexity index is 359. The molecule has 1 aromatic rings. The summed E-state index contributed by atoms with van der Waals surface area (Å²) in [6.45, 7) is 6.26. The number of anilines is 1. The second-order valence-electron chi connectivity index (χ2n) is 4.37. The van der Waals surface area contributed by atoms with Gasteiger partial charge in [0.05, 0.1) is 0 Å². The molecule has 0 aliphatic rings. The van der Waals surface area contributed by atoms with Crippen molar-refractivity contribution in [2.75, 3.05) is 11.4 Å². The number of carbonyl (C=O) groups is 1. The van der Waals surface area contributed by atoms with E-state index in [1.54, 1.807) is 5.38 Å². The van der Waals surface area contributed by atoms with Gasteiger partial charge in [-0.05, 0) is 21.3 Å². The second-order valence-corrected chi connectivity index (χ2v) is 6.01. The molecular weight excluding hydrogens is 280 g/mol. The summed E-state index contributed by atoms with van der Waals surface area (Å²) in [7, 11) is 0. The summed E-state index contributed by atoms with van der Waals surface area (Å²) in [5, 5.41) is 13.1. The molecular formula is C9H12BrN2O2S-. The number of aromatic nitrogens is 1. The highest BCUT2D eigenvalue weighted by atomic mass is 79.9. The smallest absolute Gasteiger partial charge is 0.191 e. The van der Waals surface area contributed by atoms with Gasteiger partial charge in [-0.3, -0.25) is 0 Å². The monoisotopic (exact) mass is 291 g/mol. The van der Waals surface area contributed by atoms with Crippen LogP contribution in [0.2, 0.25) is 0 Å². The predicted octanol–water partition coefficient (Wildman–Crippen LogP) is 2.10. The number of thiazole rings is 1. The summed E-state index contributed by atoms with van der Waals surface area (Å²) in [5.74, 6) is 0. The zero-order valence-corrected chi connectivity index (χ0v) is 11.2. The molecule has 0 bridgehead atoms. The maximum atomic E-state index is 11.0. The summed E-state index contributed by atoms with van der Waals surface area (Å²) >= 11 is 4.46. The first-order chi connectivity index (χ1) is 6.79. The highest BCUT2D eigenvalue weighted by Crippen LogP contribution is 2.26. The summed E-state index contributed by atoms with van der Waals surface area (Å²) in [5.41, 5.74) is -0.127. The number of hydrogen-bond acceptors (Lipinski definition) is 4. The van der Waals surface area contributed by atoms with E-state index in [2.05, 4.69) is 20.9 Å². The van der Waals surface area contributed by atoms with Crippen LogP contribution in [0.4, 0.5) is 9.93 Å². The molecule has 15 heavy (non-hydrogen) atoms. The fourth-order valence-electron chi connectivity index (χ4n) is 1.05. The third-order valence-electron chi connectivity index (χ3n) is 1.55. The molecule has 1 heterocycles. The van der Waals surface area contributed by atoms with Crippen molar-refractivity contribution >= 4 is 38.5 Å². The first-order valence-corrected chi connectivity index (χ1v) is 6.06. The number of carboxylic acid groups (broad SMARTS) is 1. The van der Waals surface area contributed by atoms with Gasteiger partial charge in [0, 0.05) is 11.9 Å². The van der Waals surface area contributed by atoms with Gasteiger partial charge in [0.15, 0.2) is 5.13 Å². The van der Waals surface area contributed by atoms with Crippen molar-refractivity contribution in [3.8, 4) is 0 Å². The lowest BCUT2D eigenvalue weighted by atomic mass is 9.96. The van der Waals surface area contributed by atoms with Gasteiger partial charge in [-0.25, -0.2) is 4.98 Å². The van der Waals surface area contributed by atoms with E-state index in [0.717, 1.165) is 4.90 Å². The Balaban J connectivity index is 2.89. The van der Waals surface area contributed by atoms with Crippen LogP contribution in [0.5, 0.6) is 0 Å². The lowest BCUT2D eigenvalue weighted by molar-refractivity contribution is -0.246. The van der Waals surface area contributed by atoms with Gasteiger partial charge in [-0.15, -0.1) is 11.3 Å². The predicted molar refractivity (Wildman–Crippen MR) is 62.0 cm³/mol. The fraction of sp³-hybridized carbons (Fsp3) is 0.556. The molecule has 84 valence electrons. The highest BCUT2D eigenvalue weighted by molar-refractivity contribution is 9.10. The maximum absolute atomic E-state index is 11.0. The minimum Gasteiger partial charge on any atom is -0.530 e. The summed E-state index contributed by atoms with van der Waals surface area (Å²) in [6.07, 6.45) is -1.22. The van der Waals surface area contributed by atoms with Gasteiger partial charge >= 0.3 is 0 Å². The molecule has 0 saturated heterocycles. The molecule has 0 aliphatic heterocycles. The average Bonchev–Trinajstić information content (AvgIpc) is 2.45. The van der Waals surface area contributed by atoms with Crippen LogP contribution in [0.3, 0.4) is 0 Å². The molecule has 0 spiro atoms. The number of halogens is 1. The lowest BCUT2D eigenvalue weighted by Crippen LogP contribution is -2.45. The van der Waals surface area contributed by atoms with Gasteiger partial charge in [-0.1, -0.05) is 20.8 Å². The van der Waals surface area contributed by atoms with Crippen LogP contribution in [-0.2, 0) is 0 Å². The van der Waals surface area contributed by atoms with Crippen LogP contribution < -0.4 is 10.0 Å². The number of carbonyl (C=O) groups excluding carboxylic acids is 1. The topological polar surface area (TPSA) is 56.3 Å². The molecule has 0 saturated carbocycles. The molecule has 0 N–H and O–H groups in total. The third kappa shape index (κ3) is 3.79. The molecule has 4 nitrogen and oxygen atoms in total. The van der Waals surface area contributed by atoms with Crippen LogP contribution >= 0.6 is 27.3 Å². The zero-order chi connectivity index (χ0) is 11.6. The zero-order valence-electron chi connectivity index (χ0n) is 8.78. The molecule has 0 fully saturated rings. The van der Waals surface area contributed by atoms with Gasteiger partial charge in [-0.2, -0.15) is 0 Å². The molecule has 1 aromatic heterocycles. The van der Waals surface area contributed by atoms with Crippen LogP contribution in [-0.4, -0.2) is 17.6 Å². The normalized spacial score (nSPS) is 11.5. The van der Waals surface area contributed by atoms with Crippen molar-refractivity contribution in [2.24, 2.45) is 5.41 Å². The van der Waals surface area contributed by atoms with Crippen LogP contribution in [0.1, 0.15) is 20.8 Å². The Morgan fingerprint density at radius 2 is 2.27 bits per heavy atom. The molecule has 0 atom stereocenters. The van der Waals surface area contributed by atoms with E-state index < -0.39 is 6.09 Å². The Kier molecular flexibility index (Phi) is 3.72. The molecule has 1 amide bonds. The van der Waals surface area contributed by atoms with Gasteiger partial charge in [0.2, 0.25) is 0 Å². The average molecular weight is 292 g/mol. The Morgan fingerprint density at radius 3 is 2.60 bits per heavy atom. The second kappa shape index (κ2) is 4.49. The van der Waals surface area contributed by atoms with Crippen LogP contribution in [0.25, 0.3) is 0 Å². The van der Waals surface area contributed by atoms with Crippen molar-refractivity contribution in [3.05, 3.63) is 9.98 Å². The first kappa shape index (κ1) is 12.4. The van der Waals surface area contributed by atoms with Crippen molar-refractivity contribution < 1.29 is 9.90 Å². The van der Waals surface area contributed by atoms with E-state index in [0.29, 0.717) is 16.3 Å². The fourth-order valence-corrected chi connectivity index (χ4v) is 2.29. The summed E-state index contributed by atoms with van der Waals surface area (Å²) in [4.78, 5) is 16.2. The number of nitrogens with zero attached hydrogens (tertiary/aromatic N) is 2. The minimum atomic E-state index is -1.22. The molecule has 0 unspecified atom stereocenters. The lowest BCUT2D eigenvalue weighted by Gasteiger charge is -2.29. The summed E-state index contributed by atoms with van der Waals surface area (Å²) < 4.78 is 0.641. The highest BCUT2D eigenvalue weighted by Gasteiger charge is 2.19. The van der Waals surface area contributed by atoms with E-state index in [1.807, 2.05) is 20.8 Å². The Labute approximate surface area is 101 Å². The molecule has 0 aliphatic carbocycles. The van der Waals surface area contributed by atoms with Crippen molar-refractivity contribution in [1.29, 1.82) is 0 Å². The van der Waals surface area contributed by atoms with Crippen molar-refractivity contribution in [1.82, 2.24) is 4.98 Å². The molecule has 1 rings (SSSR count). The maximum Gasteiger partial charge on any atom is 0.191 e. The standard InChI is InChI=1S/C9H13BrN2O2S/c1-9(2,3)5-12(8(13)14)7-11-6(10)4-15-7/h4H,5H2,1-3H3,(H,13,14)/p-1. The van der Waals surface area contributed by atoms with E-state index in [-0.39, 0.29) is 5.41 Å². The number of rotatable bonds is 2. The van der Waals surface area contributed by atoms with Crippen molar-refractivity contribution in [3.63, 3.8) is 0 Å². The van der Waals surface area contributed by atoms with E-state index >= 15 is 0 Å². The van der Waals surface area contributed by atoms with E-state index in [9.17, 15) is 9.90 Å². The first-order valence-electron chi connectivity index (χ1n) is 4.39. The third-order valence-corrected chi connectivity index (χ3v) is 3.12. The van der Waals surface area contributed by atoms with Crippen molar-refractivity contribution in [2.45, 2.75) is 20.8 Å². The number of amides is 1. The van der Waals surface area contributed by atoms with E-state index in [1.165, 1.54) is 11.3 Å². The van der Waals surface area contributed by atoms with E-state index in [4.69, 9.17) is 0 Å². The van der Waals surface area contributed by atoms with Crippen LogP contribution in [0, 0.1) is 5.41 Å². The number of hydrogen-bond donors (Lipinski definition) is 0. The molecule has 0 aromatic carbocycles. The summed E-state index contributed by atoms with van der Waals surface area (Å²) in [6, 6.07) is 0. The SMILES string of the molecule is CC(C)(C)CN(C(=O)[O-])c1nc(Br)cs1. The van der Waals surface area contributed by atoms with Gasteiger partial charge in [0.25, 0.3) is 0 Å².